The molecule has 168 valence electrons. The first-order chi connectivity index (χ1) is 14.2. The first kappa shape index (κ1) is 26.9. The minimum atomic E-state index is -3.34. The van der Waals surface area contributed by atoms with Gasteiger partial charge in [0.15, 0.2) is 0 Å². The molecule has 0 aliphatic carbocycles. The first-order valence-electron chi connectivity index (χ1n) is 9.32. The third-order valence-corrected chi connectivity index (χ3v) is 6.40. The number of ether oxygens (including phenoxy) is 2. The van der Waals surface area contributed by atoms with Gasteiger partial charge in [-0.2, -0.15) is 4.76 Å². The minimum absolute atomic E-state index is 0.177. The van der Waals surface area contributed by atoms with E-state index in [4.69, 9.17) is 54.5 Å². The highest BCUT2D eigenvalue weighted by Gasteiger charge is 2.23. The average molecular weight is 497 g/mol. The van der Waals surface area contributed by atoms with Crippen molar-refractivity contribution in [3.8, 4) is 5.75 Å². The number of benzene rings is 1. The van der Waals surface area contributed by atoms with E-state index in [1.165, 1.54) is 26.3 Å². The van der Waals surface area contributed by atoms with Gasteiger partial charge in [-0.25, -0.2) is 4.79 Å². The Morgan fingerprint density at radius 1 is 1.30 bits per heavy atom. The molecule has 0 fully saturated rings. The molecule has 0 saturated heterocycles. The smallest absolute Gasteiger partial charge is 0.413 e. The predicted molar refractivity (Wildman–Crippen MR) is 125 cm³/mol. The standard InChI is InChI=1S/C19H27Cl2N2O5PS/c1-4-5-6-7-10-26-18(22)13-23-29(30,27-14(2)11-19(24)25-3)28-15-8-9-16(20)17(21)12-15/h8-9,11-13,18H,4-7,10,22H2,1-3H3. The maximum Gasteiger partial charge on any atom is 0.413 e. The van der Waals surface area contributed by atoms with Crippen LogP contribution in [0.3, 0.4) is 0 Å². The number of rotatable bonds is 13. The van der Waals surface area contributed by atoms with Gasteiger partial charge in [0, 0.05) is 24.5 Å². The fourth-order valence-electron chi connectivity index (χ4n) is 2.10. The lowest BCUT2D eigenvalue weighted by Gasteiger charge is -2.20. The Hall–Kier alpha value is -1.15. The lowest BCUT2D eigenvalue weighted by Crippen LogP contribution is -2.26. The van der Waals surface area contributed by atoms with Crippen molar-refractivity contribution in [1.82, 2.24) is 0 Å². The summed E-state index contributed by atoms with van der Waals surface area (Å²) in [7, 11) is 1.25. The number of halogens is 2. The number of hydrogen-bond acceptors (Lipinski definition) is 7. The lowest BCUT2D eigenvalue weighted by molar-refractivity contribution is -0.135. The van der Waals surface area contributed by atoms with Crippen LogP contribution in [0.25, 0.3) is 0 Å². The number of carbonyl (C=O) groups excluding carboxylic acids is 1. The molecule has 1 rings (SSSR count). The van der Waals surface area contributed by atoms with Gasteiger partial charge in [0.2, 0.25) is 0 Å². The molecular weight excluding hydrogens is 470 g/mol. The van der Waals surface area contributed by atoms with Crippen LogP contribution in [0.5, 0.6) is 5.75 Å². The molecular formula is C19H27Cl2N2O5PS. The van der Waals surface area contributed by atoms with Gasteiger partial charge < -0.3 is 24.3 Å². The van der Waals surface area contributed by atoms with E-state index in [2.05, 4.69) is 16.4 Å². The zero-order chi connectivity index (χ0) is 22.6. The van der Waals surface area contributed by atoms with Crippen LogP contribution in [0.15, 0.2) is 34.8 Å². The molecule has 11 heteroatoms. The molecule has 0 aliphatic heterocycles. The molecule has 0 bridgehead atoms. The second-order valence-corrected chi connectivity index (χ2v) is 9.90. The fraction of sp³-hybridized carbons (Fsp3) is 0.474. The summed E-state index contributed by atoms with van der Waals surface area (Å²) in [5, 5.41) is 0.649. The number of unbranched alkanes of at least 4 members (excludes halogenated alkanes) is 3. The van der Waals surface area contributed by atoms with Crippen molar-refractivity contribution in [2.24, 2.45) is 10.5 Å². The molecule has 1 aromatic carbocycles. The molecule has 30 heavy (non-hydrogen) atoms. The lowest BCUT2D eigenvalue weighted by atomic mass is 10.2. The minimum Gasteiger partial charge on any atom is -0.466 e. The molecule has 0 aromatic heterocycles. The van der Waals surface area contributed by atoms with Crippen LogP contribution in [0.1, 0.15) is 39.5 Å². The number of carbonyl (C=O) groups is 1. The van der Waals surface area contributed by atoms with Gasteiger partial charge in [0.25, 0.3) is 0 Å². The highest BCUT2D eigenvalue weighted by molar-refractivity contribution is 8.09. The van der Waals surface area contributed by atoms with Crippen LogP contribution in [-0.2, 0) is 30.6 Å². The number of methoxy groups -OCH3 is 1. The molecule has 0 radical (unpaired) electrons. The third-order valence-electron chi connectivity index (χ3n) is 3.56. The monoisotopic (exact) mass is 496 g/mol. The summed E-state index contributed by atoms with van der Waals surface area (Å²) in [6, 6.07) is 4.63. The Balaban J connectivity index is 2.93. The second-order valence-electron chi connectivity index (χ2n) is 6.17. The molecule has 0 heterocycles. The van der Waals surface area contributed by atoms with Crippen LogP contribution in [-0.4, -0.2) is 32.1 Å². The molecule has 0 saturated carbocycles. The largest absolute Gasteiger partial charge is 0.466 e. The number of nitrogens with two attached hydrogens (primary N) is 1. The summed E-state index contributed by atoms with van der Waals surface area (Å²) < 4.78 is 25.8. The fourth-order valence-corrected chi connectivity index (χ4v) is 4.39. The Morgan fingerprint density at radius 2 is 2.03 bits per heavy atom. The number of hydrogen-bond donors (Lipinski definition) is 1. The molecule has 2 N–H and O–H groups in total. The van der Waals surface area contributed by atoms with Gasteiger partial charge in [0.1, 0.15) is 17.7 Å². The molecule has 0 aliphatic rings. The first-order valence-corrected chi connectivity index (χ1v) is 12.7. The summed E-state index contributed by atoms with van der Waals surface area (Å²) in [5.41, 5.74) is 5.93. The normalized spacial score (nSPS) is 14.9. The van der Waals surface area contributed by atoms with Crippen molar-refractivity contribution in [3.63, 3.8) is 0 Å². The average Bonchev–Trinajstić information content (AvgIpc) is 2.69. The van der Waals surface area contributed by atoms with Gasteiger partial charge in [-0.05, 0) is 25.5 Å². The summed E-state index contributed by atoms with van der Waals surface area (Å²) in [4.78, 5) is 11.5. The highest BCUT2D eigenvalue weighted by Crippen LogP contribution is 2.52. The summed E-state index contributed by atoms with van der Waals surface area (Å²) in [6.45, 7) is 0.841. The van der Waals surface area contributed by atoms with E-state index >= 15 is 0 Å². The van der Waals surface area contributed by atoms with E-state index in [1.54, 1.807) is 12.1 Å². The van der Waals surface area contributed by atoms with Gasteiger partial charge in [0.05, 0.1) is 29.4 Å². The highest BCUT2D eigenvalue weighted by atomic mass is 35.5. The molecule has 2 unspecified atom stereocenters. The van der Waals surface area contributed by atoms with E-state index in [0.717, 1.165) is 31.8 Å². The quantitative estimate of drug-likeness (QED) is 0.0717. The van der Waals surface area contributed by atoms with Crippen LogP contribution in [0.2, 0.25) is 10.0 Å². The van der Waals surface area contributed by atoms with Crippen molar-refractivity contribution in [3.05, 3.63) is 40.1 Å². The second kappa shape index (κ2) is 14.0. The van der Waals surface area contributed by atoms with Gasteiger partial charge in [-0.3, -0.25) is 0 Å². The van der Waals surface area contributed by atoms with Crippen molar-refractivity contribution in [1.29, 1.82) is 0 Å². The van der Waals surface area contributed by atoms with Crippen molar-refractivity contribution >= 4 is 53.8 Å². The van der Waals surface area contributed by atoms with Crippen molar-refractivity contribution < 1.29 is 23.3 Å². The van der Waals surface area contributed by atoms with E-state index in [9.17, 15) is 4.79 Å². The van der Waals surface area contributed by atoms with Crippen LogP contribution in [0.4, 0.5) is 0 Å². The Labute approximate surface area is 192 Å². The van der Waals surface area contributed by atoms with Crippen molar-refractivity contribution in [2.45, 2.75) is 45.8 Å². The maximum atomic E-state index is 11.5. The van der Waals surface area contributed by atoms with Crippen LogP contribution >= 0.6 is 29.8 Å². The molecule has 0 amide bonds. The van der Waals surface area contributed by atoms with Gasteiger partial charge in [-0.1, -0.05) is 49.4 Å². The SMILES string of the molecule is CCCCCCOC(N)C=NP(=S)(OC(C)=CC(=O)OC)Oc1ccc(Cl)c(Cl)c1. The zero-order valence-electron chi connectivity index (χ0n) is 17.2. The van der Waals surface area contributed by atoms with E-state index < -0.39 is 18.8 Å². The summed E-state index contributed by atoms with van der Waals surface area (Å²) >= 11 is 17.5. The third kappa shape index (κ3) is 10.8. The topological polar surface area (TPSA) is 92.4 Å². The van der Waals surface area contributed by atoms with Gasteiger partial charge >= 0.3 is 12.6 Å². The number of nitrogens with zero attached hydrogens (tertiary/aromatic N) is 1. The molecule has 7 nitrogen and oxygen atoms in total. The van der Waals surface area contributed by atoms with Gasteiger partial charge in [-0.15, -0.1) is 0 Å². The predicted octanol–water partition coefficient (Wildman–Crippen LogP) is 5.64. The Kier molecular flexibility index (Phi) is 12.6. The number of allylic oxidation sites excluding steroid dienone is 1. The van der Waals surface area contributed by atoms with E-state index in [-0.39, 0.29) is 10.8 Å². The van der Waals surface area contributed by atoms with Crippen molar-refractivity contribution in [2.75, 3.05) is 13.7 Å². The zero-order valence-corrected chi connectivity index (χ0v) is 20.4. The Bertz CT molecular complexity index is 807. The molecule has 1 aromatic rings. The van der Waals surface area contributed by atoms with E-state index in [0.29, 0.717) is 17.4 Å². The molecule has 0 spiro atoms. The molecule has 2 atom stereocenters. The van der Waals surface area contributed by atoms with Crippen LogP contribution < -0.4 is 10.3 Å². The summed E-state index contributed by atoms with van der Waals surface area (Å²) in [5.74, 6) is -0.110. The Morgan fingerprint density at radius 3 is 2.67 bits per heavy atom. The summed E-state index contributed by atoms with van der Waals surface area (Å²) in [6.07, 6.45) is 5.95. The van der Waals surface area contributed by atoms with Crippen LogP contribution in [0, 0.1) is 0 Å². The number of esters is 1. The maximum absolute atomic E-state index is 11.5. The van der Waals surface area contributed by atoms with E-state index in [1.807, 2.05) is 0 Å².